The number of nitrogens with one attached hydrogen (secondary N) is 2. The fraction of sp³-hybridized carbons (Fsp3) is 0.364. The summed E-state index contributed by atoms with van der Waals surface area (Å²) < 4.78 is 0. The van der Waals surface area contributed by atoms with Crippen LogP contribution < -0.4 is 10.8 Å². The van der Waals surface area contributed by atoms with Crippen molar-refractivity contribution < 1.29 is 10.0 Å². The van der Waals surface area contributed by atoms with Gasteiger partial charge < -0.3 is 10.5 Å². The summed E-state index contributed by atoms with van der Waals surface area (Å²) in [6.45, 7) is 0.423. The second-order valence-corrected chi connectivity index (χ2v) is 3.84. The molecule has 1 unspecified atom stereocenters. The van der Waals surface area contributed by atoms with E-state index in [0.29, 0.717) is 19.4 Å². The van der Waals surface area contributed by atoms with E-state index in [0.717, 1.165) is 5.56 Å². The molecular weight excluding hydrogens is 192 g/mol. The first-order valence-electron chi connectivity index (χ1n) is 5.00. The van der Waals surface area contributed by atoms with E-state index in [2.05, 4.69) is 10.8 Å². The Morgan fingerprint density at radius 3 is 2.60 bits per heavy atom. The molecule has 0 aliphatic carbocycles. The summed E-state index contributed by atoms with van der Waals surface area (Å²) in [5, 5.41) is 12.0. The number of hydrogen-bond acceptors (Lipinski definition) is 3. The molecule has 3 N–H and O–H groups in total. The van der Waals surface area contributed by atoms with Gasteiger partial charge in [0.15, 0.2) is 0 Å². The highest BCUT2D eigenvalue weighted by Gasteiger charge is 2.35. The van der Waals surface area contributed by atoms with Crippen molar-refractivity contribution in [2.45, 2.75) is 18.4 Å². The van der Waals surface area contributed by atoms with Crippen LogP contribution in [0.1, 0.15) is 18.4 Å². The molecule has 2 rings (SSSR count). The first-order chi connectivity index (χ1) is 7.27. The number of carbonyl (C=O) groups excluding carboxylic acids is 1. The first-order valence-corrected chi connectivity index (χ1v) is 5.00. The zero-order valence-electron chi connectivity index (χ0n) is 8.36. The van der Waals surface area contributed by atoms with Gasteiger partial charge in [0, 0.05) is 13.0 Å². The number of rotatable bonds is 2. The molecule has 0 saturated carbocycles. The fourth-order valence-electron chi connectivity index (χ4n) is 1.92. The highest BCUT2D eigenvalue weighted by Crippen LogP contribution is 2.27. The predicted molar refractivity (Wildman–Crippen MR) is 55.3 cm³/mol. The summed E-state index contributed by atoms with van der Waals surface area (Å²) in [4.78, 5) is 11.1. The number of hydroxylamine groups is 1. The van der Waals surface area contributed by atoms with Crippen molar-refractivity contribution in [3.8, 4) is 0 Å². The molecule has 4 heteroatoms. The van der Waals surface area contributed by atoms with Gasteiger partial charge in [-0.2, -0.15) is 5.48 Å². The summed E-state index contributed by atoms with van der Waals surface area (Å²) in [5.41, 5.74) is 2.80. The van der Waals surface area contributed by atoms with Crippen molar-refractivity contribution in [2.24, 2.45) is 0 Å². The van der Waals surface area contributed by atoms with Gasteiger partial charge >= 0.3 is 0 Å². The van der Waals surface area contributed by atoms with Gasteiger partial charge in [0.1, 0.15) is 0 Å². The van der Waals surface area contributed by atoms with Crippen LogP contribution in [0, 0.1) is 0 Å². The van der Waals surface area contributed by atoms with Crippen molar-refractivity contribution in [3.63, 3.8) is 0 Å². The Hall–Kier alpha value is -1.39. The zero-order valence-corrected chi connectivity index (χ0v) is 8.36. The van der Waals surface area contributed by atoms with Crippen molar-refractivity contribution in [3.05, 3.63) is 35.9 Å². The van der Waals surface area contributed by atoms with Crippen molar-refractivity contribution in [2.75, 3.05) is 6.54 Å². The van der Waals surface area contributed by atoms with Crippen molar-refractivity contribution >= 4 is 5.91 Å². The summed E-state index contributed by atoms with van der Waals surface area (Å²) in [6.07, 6.45) is 1.04. The minimum absolute atomic E-state index is 0.0387. The second kappa shape index (κ2) is 4.00. The van der Waals surface area contributed by atoms with Crippen molar-refractivity contribution in [1.82, 2.24) is 10.8 Å². The van der Waals surface area contributed by atoms with Crippen LogP contribution in [0.5, 0.6) is 0 Å². The molecule has 1 aliphatic rings. The Morgan fingerprint density at radius 1 is 1.33 bits per heavy atom. The van der Waals surface area contributed by atoms with E-state index in [1.165, 1.54) is 0 Å². The van der Waals surface area contributed by atoms with Crippen LogP contribution in [0.25, 0.3) is 0 Å². The Bertz CT molecular complexity index is 341. The standard InChI is InChI=1S/C11H14N2O2/c14-10-6-7-11(13-15,8-12-10)9-4-2-1-3-5-9/h1-5,13,15H,6-8H2,(H,12,14). The molecule has 1 aromatic rings. The normalized spacial score (nSPS) is 26.1. The Labute approximate surface area is 88.3 Å². The molecule has 15 heavy (non-hydrogen) atoms. The van der Waals surface area contributed by atoms with Crippen LogP contribution in [0.2, 0.25) is 0 Å². The van der Waals surface area contributed by atoms with Crippen LogP contribution >= 0.6 is 0 Å². The quantitative estimate of drug-likeness (QED) is 0.626. The highest BCUT2D eigenvalue weighted by atomic mass is 16.5. The van der Waals surface area contributed by atoms with Crippen LogP contribution in [-0.4, -0.2) is 17.7 Å². The molecular formula is C11H14N2O2. The monoisotopic (exact) mass is 206 g/mol. The van der Waals surface area contributed by atoms with Gasteiger partial charge in [0.25, 0.3) is 0 Å². The topological polar surface area (TPSA) is 61.4 Å². The molecule has 0 aromatic heterocycles. The fourth-order valence-corrected chi connectivity index (χ4v) is 1.92. The zero-order chi connectivity index (χ0) is 10.7. The molecule has 1 atom stereocenters. The van der Waals surface area contributed by atoms with E-state index in [-0.39, 0.29) is 5.91 Å². The third kappa shape index (κ3) is 1.86. The molecule has 0 bridgehead atoms. The average Bonchev–Trinajstić information content (AvgIpc) is 2.32. The van der Waals surface area contributed by atoms with E-state index >= 15 is 0 Å². The lowest BCUT2D eigenvalue weighted by molar-refractivity contribution is -0.124. The third-order valence-electron chi connectivity index (χ3n) is 2.91. The number of benzene rings is 1. The van der Waals surface area contributed by atoms with Crippen LogP contribution in [-0.2, 0) is 10.3 Å². The van der Waals surface area contributed by atoms with Gasteiger partial charge in [-0.15, -0.1) is 0 Å². The minimum atomic E-state index is -0.533. The molecule has 0 spiro atoms. The molecule has 1 heterocycles. The molecule has 80 valence electrons. The third-order valence-corrected chi connectivity index (χ3v) is 2.91. The summed E-state index contributed by atoms with van der Waals surface area (Å²) in [6, 6.07) is 9.66. The van der Waals surface area contributed by atoms with E-state index in [1.807, 2.05) is 30.3 Å². The SMILES string of the molecule is O=C1CCC(NO)(c2ccccc2)CN1. The molecule has 1 fully saturated rings. The van der Waals surface area contributed by atoms with E-state index < -0.39 is 5.54 Å². The number of carbonyl (C=O) groups is 1. The van der Waals surface area contributed by atoms with Gasteiger partial charge in [-0.25, -0.2) is 0 Å². The smallest absolute Gasteiger partial charge is 0.220 e. The first kappa shape index (κ1) is 10.1. The maximum Gasteiger partial charge on any atom is 0.220 e. The number of amides is 1. The Kier molecular flexibility index (Phi) is 2.70. The molecule has 0 radical (unpaired) electrons. The Balaban J connectivity index is 2.26. The predicted octanol–water partition coefficient (Wildman–Crippen LogP) is 0.771. The van der Waals surface area contributed by atoms with Crippen LogP contribution in [0.4, 0.5) is 0 Å². The molecule has 1 saturated heterocycles. The van der Waals surface area contributed by atoms with Gasteiger partial charge in [0.05, 0.1) is 5.54 Å². The van der Waals surface area contributed by atoms with Crippen LogP contribution in [0.15, 0.2) is 30.3 Å². The molecule has 1 amide bonds. The average molecular weight is 206 g/mol. The molecule has 1 aliphatic heterocycles. The lowest BCUT2D eigenvalue weighted by atomic mass is 9.84. The highest BCUT2D eigenvalue weighted by molar-refractivity contribution is 5.77. The molecule has 1 aromatic carbocycles. The lowest BCUT2D eigenvalue weighted by Crippen LogP contribution is -2.53. The molecule has 4 nitrogen and oxygen atoms in total. The largest absolute Gasteiger partial charge is 0.354 e. The van der Waals surface area contributed by atoms with E-state index in [1.54, 1.807) is 0 Å². The van der Waals surface area contributed by atoms with Gasteiger partial charge in [-0.3, -0.25) is 4.79 Å². The van der Waals surface area contributed by atoms with Crippen molar-refractivity contribution in [1.29, 1.82) is 0 Å². The Morgan fingerprint density at radius 2 is 2.07 bits per heavy atom. The van der Waals surface area contributed by atoms with E-state index in [4.69, 9.17) is 0 Å². The van der Waals surface area contributed by atoms with Gasteiger partial charge in [0.2, 0.25) is 5.91 Å². The summed E-state index contributed by atoms with van der Waals surface area (Å²) in [5.74, 6) is 0.0387. The lowest BCUT2D eigenvalue weighted by Gasteiger charge is -2.36. The summed E-state index contributed by atoms with van der Waals surface area (Å²) >= 11 is 0. The minimum Gasteiger partial charge on any atom is -0.354 e. The maximum atomic E-state index is 11.1. The van der Waals surface area contributed by atoms with Crippen LogP contribution in [0.3, 0.4) is 0 Å². The summed E-state index contributed by atoms with van der Waals surface area (Å²) in [7, 11) is 0. The maximum absolute atomic E-state index is 11.1. The number of hydrogen-bond donors (Lipinski definition) is 3. The number of piperidine rings is 1. The van der Waals surface area contributed by atoms with Gasteiger partial charge in [-0.1, -0.05) is 30.3 Å². The van der Waals surface area contributed by atoms with Gasteiger partial charge in [-0.05, 0) is 12.0 Å². The van der Waals surface area contributed by atoms with E-state index in [9.17, 15) is 10.0 Å². The second-order valence-electron chi connectivity index (χ2n) is 3.84.